The van der Waals surface area contributed by atoms with Gasteiger partial charge in [-0.05, 0) is 114 Å². The molecule has 0 saturated heterocycles. The highest BCUT2D eigenvalue weighted by Crippen LogP contribution is 2.34. The number of unbranched alkanes of at least 4 members (excludes halogenated alkanes) is 3. The van der Waals surface area contributed by atoms with Gasteiger partial charge in [0.25, 0.3) is 0 Å². The van der Waals surface area contributed by atoms with Gasteiger partial charge in [-0.1, -0.05) is 49.2 Å². The normalized spacial score (nSPS) is 11.2. The van der Waals surface area contributed by atoms with Gasteiger partial charge in [-0.2, -0.15) is 0 Å². The molecule has 50 heavy (non-hydrogen) atoms. The monoisotopic (exact) mass is 694 g/mol. The van der Waals surface area contributed by atoms with Crippen LogP contribution in [0.3, 0.4) is 0 Å². The molecule has 0 saturated carbocycles. The summed E-state index contributed by atoms with van der Waals surface area (Å²) >= 11 is 0. The molecule has 0 fully saturated rings. The van der Waals surface area contributed by atoms with E-state index in [1.165, 1.54) is 12.1 Å². The van der Waals surface area contributed by atoms with E-state index in [0.29, 0.717) is 42.3 Å². The third-order valence-corrected chi connectivity index (χ3v) is 7.97. The second kappa shape index (κ2) is 18.5. The second-order valence-electron chi connectivity index (χ2n) is 11.7. The largest absolute Gasteiger partial charge is 0.573 e. The predicted octanol–water partition coefficient (Wildman–Crippen LogP) is 9.37. The lowest BCUT2D eigenvalue weighted by Crippen LogP contribution is -2.16. The predicted molar refractivity (Wildman–Crippen MR) is 183 cm³/mol. The van der Waals surface area contributed by atoms with Gasteiger partial charge >= 0.3 is 18.3 Å². The van der Waals surface area contributed by atoms with E-state index in [-0.39, 0.29) is 25.2 Å². The third kappa shape index (κ3) is 12.4. The molecule has 0 aliphatic carbocycles. The molecule has 8 nitrogen and oxygen atoms in total. The number of carboxylic acids is 2. The number of carboxylic acid groups (broad SMARTS) is 2. The lowest BCUT2D eigenvalue weighted by molar-refractivity contribution is -0.274. The lowest BCUT2D eigenvalue weighted by Gasteiger charge is -2.15. The number of aryl methyl sites for hydroxylation is 1. The summed E-state index contributed by atoms with van der Waals surface area (Å²) in [5.74, 6) is -0.136. The van der Waals surface area contributed by atoms with Crippen LogP contribution in [0.5, 0.6) is 23.0 Å². The lowest BCUT2D eigenvalue weighted by atomic mass is 9.97. The first-order valence-corrected chi connectivity index (χ1v) is 16.5. The van der Waals surface area contributed by atoms with Crippen molar-refractivity contribution >= 4 is 11.9 Å². The maximum Gasteiger partial charge on any atom is 0.573 e. The topological polar surface area (TPSA) is 112 Å². The molecule has 4 rings (SSSR count). The van der Waals surface area contributed by atoms with Crippen LogP contribution >= 0.6 is 0 Å². The zero-order valence-corrected chi connectivity index (χ0v) is 27.8. The molecule has 0 radical (unpaired) electrons. The quantitative estimate of drug-likeness (QED) is 0.0881. The highest BCUT2D eigenvalue weighted by atomic mass is 19.4. The Morgan fingerprint density at radius 2 is 1.22 bits per heavy atom. The zero-order valence-electron chi connectivity index (χ0n) is 27.8. The summed E-state index contributed by atoms with van der Waals surface area (Å²) in [6, 6.07) is 24.7. The van der Waals surface area contributed by atoms with Gasteiger partial charge < -0.3 is 29.2 Å². The number of rotatable bonds is 20. The minimum Gasteiger partial charge on any atom is -0.497 e. The van der Waals surface area contributed by atoms with E-state index < -0.39 is 18.3 Å². The SMILES string of the molecule is COc1ccc(-c2cc(OCCCCCCc3cccc(OCCCC(=O)O)c3CCC(=O)O)cc(-c3ccc(OC(F)(F)F)cc3)c2)cc1. The molecule has 0 bridgehead atoms. The molecule has 0 spiro atoms. The van der Waals surface area contributed by atoms with Crippen LogP contribution in [0, 0.1) is 0 Å². The van der Waals surface area contributed by atoms with Crippen molar-refractivity contribution in [2.75, 3.05) is 20.3 Å². The summed E-state index contributed by atoms with van der Waals surface area (Å²) in [5.41, 5.74) is 5.16. The molecule has 0 aromatic heterocycles. The van der Waals surface area contributed by atoms with E-state index in [1.807, 2.05) is 54.6 Å². The number of ether oxygens (including phenoxy) is 4. The average Bonchev–Trinajstić information content (AvgIpc) is 3.08. The number of methoxy groups -OCH3 is 1. The highest BCUT2D eigenvalue weighted by Gasteiger charge is 2.31. The molecule has 0 atom stereocenters. The molecule has 4 aromatic rings. The molecule has 0 aliphatic rings. The highest BCUT2D eigenvalue weighted by molar-refractivity contribution is 5.76. The fourth-order valence-electron chi connectivity index (χ4n) is 5.51. The van der Waals surface area contributed by atoms with Crippen molar-refractivity contribution in [1.82, 2.24) is 0 Å². The Bertz CT molecular complexity index is 1690. The number of alkyl halides is 3. The average molecular weight is 695 g/mol. The first-order valence-electron chi connectivity index (χ1n) is 16.5. The molecule has 0 unspecified atom stereocenters. The standard InChI is InChI=1S/C39H41F3O8/c1-47-32-16-12-27(13-17-32)30-24-31(28-14-18-33(19-15-28)50-39(40,41)42)26-34(25-30)48-22-5-3-2-4-8-29-9-6-10-36(35(29)20-21-38(45)46)49-23-7-11-37(43)44/h6,9-10,12-19,24-26H,2-5,7-8,11,20-23H2,1H3,(H,43,44)(H,45,46). The van der Waals surface area contributed by atoms with Crippen LogP contribution < -0.4 is 18.9 Å². The van der Waals surface area contributed by atoms with E-state index in [4.69, 9.17) is 19.3 Å². The Morgan fingerprint density at radius 1 is 0.620 bits per heavy atom. The Kier molecular flexibility index (Phi) is 14.0. The molecule has 11 heteroatoms. The van der Waals surface area contributed by atoms with Gasteiger partial charge in [0.05, 0.1) is 20.3 Å². The minimum absolute atomic E-state index is 0.00110. The van der Waals surface area contributed by atoms with Crippen LogP contribution in [0.2, 0.25) is 0 Å². The van der Waals surface area contributed by atoms with E-state index in [9.17, 15) is 27.9 Å². The van der Waals surface area contributed by atoms with E-state index in [0.717, 1.165) is 59.9 Å². The molecule has 0 amide bonds. The Balaban J connectivity index is 1.36. The molecule has 0 heterocycles. The van der Waals surface area contributed by atoms with E-state index in [1.54, 1.807) is 25.3 Å². The summed E-state index contributed by atoms with van der Waals surface area (Å²) in [5, 5.41) is 18.1. The fourth-order valence-corrected chi connectivity index (χ4v) is 5.51. The second-order valence-corrected chi connectivity index (χ2v) is 11.7. The fraction of sp³-hybridized carbons (Fsp3) is 0.333. The third-order valence-electron chi connectivity index (χ3n) is 7.97. The summed E-state index contributed by atoms with van der Waals surface area (Å²) in [6.07, 6.45) is 0.154. The number of hydrogen-bond donors (Lipinski definition) is 2. The first-order chi connectivity index (χ1) is 24.0. The number of benzene rings is 4. The molecule has 266 valence electrons. The number of hydrogen-bond acceptors (Lipinski definition) is 6. The number of carbonyl (C=O) groups is 2. The van der Waals surface area contributed by atoms with Crippen LogP contribution in [0.25, 0.3) is 22.3 Å². The van der Waals surface area contributed by atoms with E-state index in [2.05, 4.69) is 4.74 Å². The summed E-state index contributed by atoms with van der Waals surface area (Å²) in [7, 11) is 1.59. The Hall–Kier alpha value is -5.19. The summed E-state index contributed by atoms with van der Waals surface area (Å²) in [6.45, 7) is 0.705. The molecule has 4 aromatic carbocycles. The van der Waals surface area contributed by atoms with Gasteiger partial charge in [-0.15, -0.1) is 13.2 Å². The summed E-state index contributed by atoms with van der Waals surface area (Å²) in [4.78, 5) is 22.1. The van der Waals surface area contributed by atoms with Gasteiger partial charge in [-0.25, -0.2) is 0 Å². The smallest absolute Gasteiger partial charge is 0.497 e. The first kappa shape index (κ1) is 37.6. The van der Waals surface area contributed by atoms with Crippen molar-refractivity contribution in [2.24, 2.45) is 0 Å². The molecule has 2 N–H and O–H groups in total. The van der Waals surface area contributed by atoms with Crippen molar-refractivity contribution in [3.05, 3.63) is 96.1 Å². The van der Waals surface area contributed by atoms with E-state index >= 15 is 0 Å². The van der Waals surface area contributed by atoms with Crippen molar-refractivity contribution in [3.8, 4) is 45.3 Å². The van der Waals surface area contributed by atoms with Crippen LogP contribution in [0.4, 0.5) is 13.2 Å². The zero-order chi connectivity index (χ0) is 35.9. The van der Waals surface area contributed by atoms with Gasteiger partial charge in [-0.3, -0.25) is 9.59 Å². The Labute approximate surface area is 289 Å². The molecular formula is C39H41F3O8. The van der Waals surface area contributed by atoms with Gasteiger partial charge in [0.2, 0.25) is 0 Å². The maximum atomic E-state index is 12.7. The van der Waals surface area contributed by atoms with Crippen molar-refractivity contribution in [3.63, 3.8) is 0 Å². The maximum absolute atomic E-state index is 12.7. The van der Waals surface area contributed by atoms with Crippen molar-refractivity contribution in [1.29, 1.82) is 0 Å². The minimum atomic E-state index is -4.77. The molecular weight excluding hydrogens is 653 g/mol. The van der Waals surface area contributed by atoms with Gasteiger partial charge in [0.1, 0.15) is 23.0 Å². The molecule has 0 aliphatic heterocycles. The van der Waals surface area contributed by atoms with Crippen LogP contribution in [0.15, 0.2) is 84.9 Å². The Morgan fingerprint density at radius 3 is 1.82 bits per heavy atom. The van der Waals surface area contributed by atoms with Crippen LogP contribution in [0.1, 0.15) is 56.1 Å². The van der Waals surface area contributed by atoms with Gasteiger partial charge in [0, 0.05) is 12.8 Å². The van der Waals surface area contributed by atoms with Crippen LogP contribution in [-0.2, 0) is 22.4 Å². The van der Waals surface area contributed by atoms with Crippen LogP contribution in [-0.4, -0.2) is 48.8 Å². The number of aliphatic carboxylic acids is 2. The van der Waals surface area contributed by atoms with Crippen molar-refractivity contribution in [2.45, 2.75) is 64.1 Å². The van der Waals surface area contributed by atoms with Gasteiger partial charge in [0.15, 0.2) is 0 Å². The summed E-state index contributed by atoms with van der Waals surface area (Å²) < 4.78 is 59.3. The van der Waals surface area contributed by atoms with Crippen molar-refractivity contribution < 1.29 is 51.9 Å². The number of halogens is 3.